The molecule has 0 saturated carbocycles. The van der Waals surface area contributed by atoms with Gasteiger partial charge in [-0.3, -0.25) is 0 Å². The first-order valence-electron chi connectivity index (χ1n) is 5.20. The summed E-state index contributed by atoms with van der Waals surface area (Å²) in [5.74, 6) is 0.641. The van der Waals surface area contributed by atoms with E-state index < -0.39 is 0 Å². The van der Waals surface area contributed by atoms with Gasteiger partial charge in [-0.05, 0) is 12.8 Å². The van der Waals surface area contributed by atoms with E-state index >= 15 is 0 Å². The lowest BCUT2D eigenvalue weighted by Gasteiger charge is -2.07. The van der Waals surface area contributed by atoms with Gasteiger partial charge in [0.15, 0.2) is 0 Å². The number of hydrogen-bond donors (Lipinski definition) is 0. The lowest BCUT2D eigenvalue weighted by atomic mass is 9.98. The van der Waals surface area contributed by atoms with Crippen LogP contribution in [-0.4, -0.2) is 6.29 Å². The van der Waals surface area contributed by atoms with Gasteiger partial charge in [0.1, 0.15) is 0 Å². The van der Waals surface area contributed by atoms with Crippen molar-refractivity contribution < 1.29 is 9.78 Å². The van der Waals surface area contributed by atoms with Crippen LogP contribution in [0, 0.1) is 5.92 Å². The zero-order valence-electron chi connectivity index (χ0n) is 8.21. The van der Waals surface area contributed by atoms with Crippen molar-refractivity contribution in [2.45, 2.75) is 58.7 Å². The second-order valence-corrected chi connectivity index (χ2v) is 3.58. The molecule has 1 aliphatic rings. The molecule has 1 fully saturated rings. The van der Waals surface area contributed by atoms with Crippen LogP contribution in [0.2, 0.25) is 0 Å². The molecule has 12 heavy (non-hydrogen) atoms. The maximum atomic E-state index is 4.82. The average molecular weight is 172 g/mol. The van der Waals surface area contributed by atoms with Gasteiger partial charge in [0.25, 0.3) is 0 Å². The summed E-state index contributed by atoms with van der Waals surface area (Å²) in [6.45, 7) is 4.44. The summed E-state index contributed by atoms with van der Waals surface area (Å²) in [6.07, 6.45) is 7.94. The second kappa shape index (κ2) is 5.55. The van der Waals surface area contributed by atoms with Crippen molar-refractivity contribution in [3.8, 4) is 0 Å². The van der Waals surface area contributed by atoms with Crippen LogP contribution < -0.4 is 0 Å². The minimum absolute atomic E-state index is 0.136. The molecule has 1 unspecified atom stereocenters. The smallest absolute Gasteiger partial charge is 0.198 e. The molecule has 0 radical (unpaired) electrons. The predicted molar refractivity (Wildman–Crippen MR) is 48.5 cm³/mol. The summed E-state index contributed by atoms with van der Waals surface area (Å²) >= 11 is 0. The van der Waals surface area contributed by atoms with Gasteiger partial charge in [0.2, 0.25) is 6.29 Å². The van der Waals surface area contributed by atoms with Gasteiger partial charge in [-0.25, -0.2) is 0 Å². The largest absolute Gasteiger partial charge is 0.227 e. The molecule has 0 bridgehead atoms. The Bertz CT molecular complexity index is 110. The van der Waals surface area contributed by atoms with Gasteiger partial charge in [-0.2, -0.15) is 9.78 Å². The molecule has 72 valence electrons. The predicted octanol–water partition coefficient (Wildman–Crippen LogP) is 3.27. The van der Waals surface area contributed by atoms with Crippen molar-refractivity contribution >= 4 is 0 Å². The van der Waals surface area contributed by atoms with Crippen LogP contribution in [0.5, 0.6) is 0 Å². The Morgan fingerprint density at radius 3 is 2.33 bits per heavy atom. The molecule has 1 saturated heterocycles. The van der Waals surface area contributed by atoms with Gasteiger partial charge in [-0.15, -0.1) is 0 Å². The van der Waals surface area contributed by atoms with Gasteiger partial charge in [0.05, 0.1) is 0 Å². The van der Waals surface area contributed by atoms with Crippen LogP contribution >= 0.6 is 0 Å². The third-order valence-electron chi connectivity index (χ3n) is 2.55. The maximum absolute atomic E-state index is 4.82. The quantitative estimate of drug-likeness (QED) is 0.334. The normalized spacial score (nSPS) is 19.5. The van der Waals surface area contributed by atoms with Gasteiger partial charge in [0, 0.05) is 5.92 Å². The number of rotatable bonds is 7. The van der Waals surface area contributed by atoms with Crippen LogP contribution in [0.3, 0.4) is 0 Å². The summed E-state index contributed by atoms with van der Waals surface area (Å²) in [7, 11) is 0. The Hall–Kier alpha value is -0.0800. The second-order valence-electron chi connectivity index (χ2n) is 3.58. The van der Waals surface area contributed by atoms with Crippen molar-refractivity contribution in [1.29, 1.82) is 0 Å². The molecule has 0 spiro atoms. The van der Waals surface area contributed by atoms with E-state index in [2.05, 4.69) is 13.8 Å². The van der Waals surface area contributed by atoms with Crippen LogP contribution in [0.4, 0.5) is 0 Å². The summed E-state index contributed by atoms with van der Waals surface area (Å²) < 4.78 is 0. The number of hydrogen-bond acceptors (Lipinski definition) is 2. The van der Waals surface area contributed by atoms with Crippen molar-refractivity contribution in [3.63, 3.8) is 0 Å². The zero-order chi connectivity index (χ0) is 8.81. The van der Waals surface area contributed by atoms with Crippen molar-refractivity contribution in [2.24, 2.45) is 5.92 Å². The molecule has 0 N–H and O–H groups in total. The highest BCUT2D eigenvalue weighted by Gasteiger charge is 2.33. The van der Waals surface area contributed by atoms with Gasteiger partial charge >= 0.3 is 0 Å². The highest BCUT2D eigenvalue weighted by molar-refractivity contribution is 4.64. The zero-order valence-corrected chi connectivity index (χ0v) is 8.21. The topological polar surface area (TPSA) is 25.1 Å². The molecule has 0 aromatic carbocycles. The lowest BCUT2D eigenvalue weighted by Crippen LogP contribution is -2.06. The van der Waals surface area contributed by atoms with Gasteiger partial charge in [-0.1, -0.05) is 39.5 Å². The molecule has 0 aromatic rings. The molecule has 2 heteroatoms. The van der Waals surface area contributed by atoms with E-state index in [9.17, 15) is 0 Å². The van der Waals surface area contributed by atoms with Crippen LogP contribution in [-0.2, 0) is 9.78 Å². The summed E-state index contributed by atoms with van der Waals surface area (Å²) in [6, 6.07) is 0. The van der Waals surface area contributed by atoms with Crippen molar-refractivity contribution in [1.82, 2.24) is 0 Å². The van der Waals surface area contributed by atoms with E-state index in [1.807, 2.05) is 0 Å². The Morgan fingerprint density at radius 1 is 1.08 bits per heavy atom. The van der Waals surface area contributed by atoms with Crippen LogP contribution in [0.1, 0.15) is 52.4 Å². The van der Waals surface area contributed by atoms with Crippen molar-refractivity contribution in [2.75, 3.05) is 0 Å². The molecule has 1 heterocycles. The van der Waals surface area contributed by atoms with Crippen LogP contribution in [0.15, 0.2) is 0 Å². The summed E-state index contributed by atoms with van der Waals surface area (Å²) in [4.78, 5) is 9.64. The Morgan fingerprint density at radius 2 is 1.83 bits per heavy atom. The molecule has 1 atom stereocenters. The fraction of sp³-hybridized carbons (Fsp3) is 1.00. The third kappa shape index (κ3) is 3.55. The molecule has 0 amide bonds. The first-order valence-corrected chi connectivity index (χ1v) is 5.20. The van der Waals surface area contributed by atoms with E-state index in [0.717, 1.165) is 0 Å². The first kappa shape index (κ1) is 10.0. The minimum atomic E-state index is 0.136. The monoisotopic (exact) mass is 172 g/mol. The molecule has 2 nitrogen and oxygen atoms in total. The van der Waals surface area contributed by atoms with E-state index in [-0.39, 0.29) is 6.29 Å². The molecule has 1 rings (SSSR count). The Kier molecular flexibility index (Phi) is 4.62. The highest BCUT2D eigenvalue weighted by atomic mass is 17.4. The molecular formula is C10H20O2. The van der Waals surface area contributed by atoms with E-state index in [1.54, 1.807) is 0 Å². The first-order chi connectivity index (χ1) is 5.88. The average Bonchev–Trinajstić information content (AvgIpc) is 2.88. The van der Waals surface area contributed by atoms with Gasteiger partial charge < -0.3 is 0 Å². The minimum Gasteiger partial charge on any atom is -0.198 e. The van der Waals surface area contributed by atoms with E-state index in [0.29, 0.717) is 5.92 Å². The number of unbranched alkanes of at least 4 members (excludes halogenated alkanes) is 3. The summed E-state index contributed by atoms with van der Waals surface area (Å²) in [5.41, 5.74) is 0. The fourth-order valence-corrected chi connectivity index (χ4v) is 1.56. The van der Waals surface area contributed by atoms with Crippen molar-refractivity contribution in [3.05, 3.63) is 0 Å². The fourth-order valence-electron chi connectivity index (χ4n) is 1.56. The maximum Gasteiger partial charge on any atom is 0.227 e. The highest BCUT2D eigenvalue weighted by Crippen LogP contribution is 2.29. The molecule has 1 aliphatic heterocycles. The Balaban J connectivity index is 1.95. The molecular weight excluding hydrogens is 152 g/mol. The SMILES string of the molecule is CCCCCCC(CC)C1OO1. The van der Waals surface area contributed by atoms with E-state index in [1.165, 1.54) is 38.5 Å². The third-order valence-corrected chi connectivity index (χ3v) is 2.55. The summed E-state index contributed by atoms with van der Waals surface area (Å²) in [5, 5.41) is 0. The molecule has 0 aliphatic carbocycles. The Labute approximate surface area is 75.2 Å². The lowest BCUT2D eigenvalue weighted by molar-refractivity contribution is 0.0850. The molecule has 0 aromatic heterocycles. The van der Waals surface area contributed by atoms with E-state index in [4.69, 9.17) is 9.78 Å². The standard InChI is InChI=1S/C10H20O2/c1-3-5-6-7-8-9(4-2)10-11-12-10/h9-10H,3-8H2,1-2H3. The van der Waals surface area contributed by atoms with Crippen LogP contribution in [0.25, 0.3) is 0 Å².